The molecular weight excluding hydrogens is 357 g/mol. The molecule has 0 atom stereocenters. The van der Waals surface area contributed by atoms with E-state index in [1.807, 2.05) is 0 Å². The molecule has 0 aliphatic carbocycles. The number of sulfonamides is 1. The molecule has 0 radical (unpaired) electrons. The topological polar surface area (TPSA) is 79.8 Å². The standard InChI is InChI=1S/C14H14FN3O4S2/c1-22-11-3-2-10(15)8-12(11)24(20,21)17-5-6-18(13(19)9-17)14-16-4-7-23-14/h2-4,7-8H,5-6,9H2,1H3. The van der Waals surface area contributed by atoms with E-state index in [4.69, 9.17) is 4.74 Å². The summed E-state index contributed by atoms with van der Waals surface area (Å²) in [5.74, 6) is -1.04. The molecule has 1 aliphatic rings. The van der Waals surface area contributed by atoms with Crippen LogP contribution in [0.1, 0.15) is 0 Å². The van der Waals surface area contributed by atoms with Gasteiger partial charge in [0.25, 0.3) is 0 Å². The molecule has 2 aromatic rings. The Hall–Kier alpha value is -2.04. The summed E-state index contributed by atoms with van der Waals surface area (Å²) in [5, 5.41) is 2.27. The van der Waals surface area contributed by atoms with Crippen LogP contribution in [0.25, 0.3) is 0 Å². The van der Waals surface area contributed by atoms with Gasteiger partial charge in [0.05, 0.1) is 13.7 Å². The molecule has 0 N–H and O–H groups in total. The number of anilines is 1. The van der Waals surface area contributed by atoms with Crippen LogP contribution in [-0.4, -0.2) is 50.4 Å². The van der Waals surface area contributed by atoms with Crippen LogP contribution >= 0.6 is 11.3 Å². The molecule has 1 amide bonds. The van der Waals surface area contributed by atoms with E-state index in [-0.39, 0.29) is 36.2 Å². The van der Waals surface area contributed by atoms with Gasteiger partial charge in [0.1, 0.15) is 16.5 Å². The molecule has 0 spiro atoms. The first-order valence-corrected chi connectivity index (χ1v) is 9.29. The fourth-order valence-corrected chi connectivity index (χ4v) is 4.63. The van der Waals surface area contributed by atoms with E-state index in [2.05, 4.69) is 4.98 Å². The van der Waals surface area contributed by atoms with Crippen molar-refractivity contribution < 1.29 is 22.3 Å². The molecule has 1 saturated heterocycles. The highest BCUT2D eigenvalue weighted by Crippen LogP contribution is 2.29. The van der Waals surface area contributed by atoms with Crippen molar-refractivity contribution in [2.75, 3.05) is 31.6 Å². The number of carbonyl (C=O) groups excluding carboxylic acids is 1. The monoisotopic (exact) mass is 371 g/mol. The molecule has 0 bridgehead atoms. The second-order valence-electron chi connectivity index (χ2n) is 4.99. The van der Waals surface area contributed by atoms with Gasteiger partial charge in [0.15, 0.2) is 5.13 Å². The van der Waals surface area contributed by atoms with E-state index in [0.29, 0.717) is 5.13 Å². The van der Waals surface area contributed by atoms with Crippen LogP contribution in [-0.2, 0) is 14.8 Å². The van der Waals surface area contributed by atoms with Crippen molar-refractivity contribution in [1.82, 2.24) is 9.29 Å². The van der Waals surface area contributed by atoms with E-state index >= 15 is 0 Å². The van der Waals surface area contributed by atoms with Gasteiger partial charge in [0, 0.05) is 24.7 Å². The molecule has 1 aliphatic heterocycles. The number of hydrogen-bond donors (Lipinski definition) is 0. The van der Waals surface area contributed by atoms with Crippen molar-refractivity contribution in [3.63, 3.8) is 0 Å². The van der Waals surface area contributed by atoms with Crippen LogP contribution in [0.3, 0.4) is 0 Å². The maximum atomic E-state index is 13.5. The minimum absolute atomic E-state index is 0.0335. The van der Waals surface area contributed by atoms with Gasteiger partial charge in [-0.3, -0.25) is 9.69 Å². The summed E-state index contributed by atoms with van der Waals surface area (Å²) in [7, 11) is -2.75. The Morgan fingerprint density at radius 3 is 2.75 bits per heavy atom. The molecule has 0 unspecified atom stereocenters. The predicted molar refractivity (Wildman–Crippen MR) is 86.2 cm³/mol. The third kappa shape index (κ3) is 2.99. The molecule has 1 fully saturated rings. The summed E-state index contributed by atoms with van der Waals surface area (Å²) in [6, 6.07) is 3.26. The zero-order chi connectivity index (χ0) is 17.3. The van der Waals surface area contributed by atoms with Crippen molar-refractivity contribution >= 4 is 32.4 Å². The largest absolute Gasteiger partial charge is 0.495 e. The lowest BCUT2D eigenvalue weighted by atomic mass is 10.3. The van der Waals surface area contributed by atoms with Gasteiger partial charge < -0.3 is 4.74 Å². The Kier molecular flexibility index (Phi) is 4.52. The number of halogens is 1. The Morgan fingerprint density at radius 2 is 2.12 bits per heavy atom. The van der Waals surface area contributed by atoms with E-state index in [1.54, 1.807) is 11.6 Å². The number of benzene rings is 1. The molecule has 1 aromatic heterocycles. The van der Waals surface area contributed by atoms with Gasteiger partial charge in [-0.25, -0.2) is 17.8 Å². The van der Waals surface area contributed by atoms with Crippen LogP contribution in [0.2, 0.25) is 0 Å². The Labute approximate surface area is 142 Å². The fourth-order valence-electron chi connectivity index (χ4n) is 2.40. The van der Waals surface area contributed by atoms with Crippen LogP contribution < -0.4 is 9.64 Å². The van der Waals surface area contributed by atoms with Gasteiger partial charge in [-0.05, 0) is 18.2 Å². The normalized spacial score (nSPS) is 16.4. The molecule has 10 heteroatoms. The predicted octanol–water partition coefficient (Wildman–Crippen LogP) is 1.33. The second-order valence-corrected chi connectivity index (χ2v) is 7.77. The van der Waals surface area contributed by atoms with Crippen LogP contribution in [0.4, 0.5) is 9.52 Å². The number of carbonyl (C=O) groups is 1. The van der Waals surface area contributed by atoms with Crippen LogP contribution in [0.15, 0.2) is 34.7 Å². The third-order valence-electron chi connectivity index (χ3n) is 3.58. The number of thiazole rings is 1. The molecule has 2 heterocycles. The van der Waals surface area contributed by atoms with Gasteiger partial charge in [-0.15, -0.1) is 11.3 Å². The Morgan fingerprint density at radius 1 is 1.33 bits per heavy atom. The number of hydrogen-bond acceptors (Lipinski definition) is 6. The van der Waals surface area contributed by atoms with E-state index in [1.165, 1.54) is 29.4 Å². The average Bonchev–Trinajstić information content (AvgIpc) is 3.09. The van der Waals surface area contributed by atoms with Crippen LogP contribution in [0, 0.1) is 5.82 Å². The number of ether oxygens (including phenoxy) is 1. The summed E-state index contributed by atoms with van der Waals surface area (Å²) in [6.45, 7) is -0.0574. The second kappa shape index (κ2) is 6.46. The van der Waals surface area contributed by atoms with Gasteiger partial charge in [-0.2, -0.15) is 4.31 Å². The van der Waals surface area contributed by atoms with Crippen molar-refractivity contribution in [3.05, 3.63) is 35.6 Å². The van der Waals surface area contributed by atoms with Crippen molar-refractivity contribution in [2.45, 2.75) is 4.90 Å². The number of aromatic nitrogens is 1. The Balaban J connectivity index is 1.87. The quantitative estimate of drug-likeness (QED) is 0.810. The summed E-state index contributed by atoms with van der Waals surface area (Å²) in [4.78, 5) is 17.5. The molecular formula is C14H14FN3O4S2. The highest BCUT2D eigenvalue weighted by atomic mass is 32.2. The highest BCUT2D eigenvalue weighted by molar-refractivity contribution is 7.89. The summed E-state index contributed by atoms with van der Waals surface area (Å²) in [6.07, 6.45) is 1.58. The Bertz CT molecular complexity index is 855. The van der Waals surface area contributed by atoms with E-state index in [9.17, 15) is 17.6 Å². The summed E-state index contributed by atoms with van der Waals surface area (Å²) >= 11 is 1.30. The molecule has 128 valence electrons. The third-order valence-corrected chi connectivity index (χ3v) is 6.24. The van der Waals surface area contributed by atoms with E-state index in [0.717, 1.165) is 16.4 Å². The number of methoxy groups -OCH3 is 1. The zero-order valence-electron chi connectivity index (χ0n) is 12.7. The first-order chi connectivity index (χ1) is 11.4. The molecule has 1 aromatic carbocycles. The smallest absolute Gasteiger partial charge is 0.247 e. The highest BCUT2D eigenvalue weighted by Gasteiger charge is 2.35. The molecule has 7 nitrogen and oxygen atoms in total. The minimum Gasteiger partial charge on any atom is -0.495 e. The van der Waals surface area contributed by atoms with Gasteiger partial charge in [0.2, 0.25) is 15.9 Å². The first-order valence-electron chi connectivity index (χ1n) is 6.97. The molecule has 0 saturated carbocycles. The van der Waals surface area contributed by atoms with Gasteiger partial charge >= 0.3 is 0 Å². The lowest BCUT2D eigenvalue weighted by molar-refractivity contribution is -0.119. The van der Waals surface area contributed by atoms with Crippen molar-refractivity contribution in [3.8, 4) is 5.75 Å². The number of nitrogens with zero attached hydrogens (tertiary/aromatic N) is 3. The van der Waals surface area contributed by atoms with Crippen LogP contribution in [0.5, 0.6) is 5.75 Å². The number of piperazine rings is 1. The summed E-state index contributed by atoms with van der Waals surface area (Å²) < 4.78 is 45.0. The summed E-state index contributed by atoms with van der Waals surface area (Å²) in [5.41, 5.74) is 0. The number of amides is 1. The lowest BCUT2D eigenvalue weighted by Gasteiger charge is -2.32. The molecule has 3 rings (SSSR count). The van der Waals surface area contributed by atoms with E-state index < -0.39 is 15.8 Å². The molecule has 24 heavy (non-hydrogen) atoms. The zero-order valence-corrected chi connectivity index (χ0v) is 14.3. The maximum Gasteiger partial charge on any atom is 0.247 e. The van der Waals surface area contributed by atoms with Crippen molar-refractivity contribution in [1.29, 1.82) is 0 Å². The van der Waals surface area contributed by atoms with Crippen molar-refractivity contribution in [2.24, 2.45) is 0 Å². The SMILES string of the molecule is COc1ccc(F)cc1S(=O)(=O)N1CCN(c2nccs2)C(=O)C1. The number of rotatable bonds is 4. The lowest BCUT2D eigenvalue weighted by Crippen LogP contribution is -2.52. The maximum absolute atomic E-state index is 13.5. The first kappa shape index (κ1) is 16.8. The fraction of sp³-hybridized carbons (Fsp3) is 0.286. The minimum atomic E-state index is -4.05. The van der Waals surface area contributed by atoms with Gasteiger partial charge in [-0.1, -0.05) is 0 Å². The average molecular weight is 371 g/mol.